The Balaban J connectivity index is 2.09. The number of rotatable bonds is 3. The number of hydrogen-bond donors (Lipinski definition) is 4. The zero-order valence-corrected chi connectivity index (χ0v) is 9.84. The van der Waals surface area contributed by atoms with Gasteiger partial charge < -0.3 is 25.4 Å². The molecular weight excluding hydrogens is 256 g/mol. The lowest BCUT2D eigenvalue weighted by Crippen LogP contribution is -2.55. The minimum atomic E-state index is -1.33. The van der Waals surface area contributed by atoms with Gasteiger partial charge in [-0.3, -0.25) is 10.1 Å². The number of nitrogens with zero attached hydrogens (tertiary/aromatic N) is 1. The van der Waals surface area contributed by atoms with Gasteiger partial charge in [-0.05, 0) is 6.07 Å². The van der Waals surface area contributed by atoms with E-state index in [1.165, 1.54) is 18.2 Å². The maximum absolute atomic E-state index is 10.6. The summed E-state index contributed by atoms with van der Waals surface area (Å²) in [5, 5.41) is 41.9. The maximum Gasteiger partial charge on any atom is 0.271 e. The minimum absolute atomic E-state index is 0.101. The minimum Gasteiger partial charge on any atom is -0.388 e. The molecule has 8 nitrogen and oxygen atoms in total. The van der Waals surface area contributed by atoms with Crippen molar-refractivity contribution in [2.24, 2.45) is 0 Å². The molecule has 0 saturated carbocycles. The van der Waals surface area contributed by atoms with Gasteiger partial charge in [0.15, 0.2) is 6.23 Å². The van der Waals surface area contributed by atoms with E-state index < -0.39 is 29.5 Å². The quantitative estimate of drug-likeness (QED) is 0.428. The Kier molecular flexibility index (Phi) is 3.96. The van der Waals surface area contributed by atoms with Crippen LogP contribution in [0.15, 0.2) is 24.3 Å². The third-order valence-electron chi connectivity index (χ3n) is 2.87. The lowest BCUT2D eigenvalue weighted by Gasteiger charge is -2.35. The van der Waals surface area contributed by atoms with Gasteiger partial charge in [-0.15, -0.1) is 0 Å². The van der Waals surface area contributed by atoms with Crippen LogP contribution < -0.4 is 5.32 Å². The molecule has 104 valence electrons. The molecular formula is C11H14N2O6. The molecule has 0 aromatic heterocycles. The van der Waals surface area contributed by atoms with E-state index >= 15 is 0 Å². The monoisotopic (exact) mass is 270 g/mol. The number of ether oxygens (including phenoxy) is 1. The molecule has 1 heterocycles. The van der Waals surface area contributed by atoms with Crippen LogP contribution in [0.4, 0.5) is 11.4 Å². The average Bonchev–Trinajstić information content (AvgIpc) is 2.40. The highest BCUT2D eigenvalue weighted by atomic mass is 16.6. The molecule has 1 aromatic rings. The van der Waals surface area contributed by atoms with E-state index in [-0.39, 0.29) is 12.3 Å². The Hall–Kier alpha value is -1.74. The van der Waals surface area contributed by atoms with Crippen molar-refractivity contribution in [3.8, 4) is 0 Å². The summed E-state index contributed by atoms with van der Waals surface area (Å²) >= 11 is 0. The molecule has 0 radical (unpaired) electrons. The average molecular weight is 270 g/mol. The van der Waals surface area contributed by atoms with Crippen LogP contribution in [-0.2, 0) is 4.74 Å². The fourth-order valence-electron chi connectivity index (χ4n) is 1.81. The van der Waals surface area contributed by atoms with Gasteiger partial charge in [-0.2, -0.15) is 0 Å². The van der Waals surface area contributed by atoms with E-state index in [1.54, 1.807) is 6.07 Å². The fourth-order valence-corrected chi connectivity index (χ4v) is 1.81. The molecule has 1 aromatic carbocycles. The number of nitrogens with one attached hydrogen (secondary N) is 1. The van der Waals surface area contributed by atoms with E-state index in [0.29, 0.717) is 5.69 Å². The molecule has 4 N–H and O–H groups in total. The summed E-state index contributed by atoms with van der Waals surface area (Å²) in [6.45, 7) is -0.134. The van der Waals surface area contributed by atoms with E-state index in [9.17, 15) is 25.4 Å². The third-order valence-corrected chi connectivity index (χ3v) is 2.87. The summed E-state index contributed by atoms with van der Waals surface area (Å²) in [5.74, 6) is 0. The molecule has 1 aliphatic rings. The Morgan fingerprint density at radius 3 is 2.74 bits per heavy atom. The van der Waals surface area contributed by atoms with Gasteiger partial charge in [-0.1, -0.05) is 6.07 Å². The number of nitro groups is 1. The van der Waals surface area contributed by atoms with Crippen molar-refractivity contribution < 1.29 is 25.0 Å². The molecule has 0 aliphatic carbocycles. The molecule has 2 rings (SSSR count). The third kappa shape index (κ3) is 2.99. The SMILES string of the molecule is O=[N+]([O-])c1cccc(N[C@@H]2OC[C@@H](O)[C@@H](O)[C@@H]2O)c1. The van der Waals surface area contributed by atoms with Crippen LogP contribution >= 0.6 is 0 Å². The second-order valence-corrected chi connectivity index (χ2v) is 4.25. The number of benzene rings is 1. The summed E-state index contributed by atoms with van der Waals surface area (Å²) in [4.78, 5) is 10.1. The number of aliphatic hydroxyl groups excluding tert-OH is 3. The second-order valence-electron chi connectivity index (χ2n) is 4.25. The molecule has 0 bridgehead atoms. The predicted molar refractivity (Wildman–Crippen MR) is 64.5 cm³/mol. The van der Waals surface area contributed by atoms with Crippen molar-refractivity contribution in [3.63, 3.8) is 0 Å². The van der Waals surface area contributed by atoms with E-state index in [1.807, 2.05) is 0 Å². The Bertz CT molecular complexity index is 468. The van der Waals surface area contributed by atoms with Crippen LogP contribution in [0.3, 0.4) is 0 Å². The topological polar surface area (TPSA) is 125 Å². The highest BCUT2D eigenvalue weighted by molar-refractivity contribution is 5.51. The number of non-ortho nitro benzene ring substituents is 1. The number of nitro benzene ring substituents is 1. The zero-order chi connectivity index (χ0) is 14.0. The lowest BCUT2D eigenvalue weighted by atomic mass is 10.0. The van der Waals surface area contributed by atoms with Crippen molar-refractivity contribution >= 4 is 11.4 Å². The lowest BCUT2D eigenvalue weighted by molar-refractivity contribution is -0.384. The molecule has 8 heteroatoms. The van der Waals surface area contributed by atoms with Gasteiger partial charge in [0.05, 0.1) is 11.5 Å². The summed E-state index contributed by atoms with van der Waals surface area (Å²) < 4.78 is 5.14. The Morgan fingerprint density at radius 2 is 2.05 bits per heavy atom. The van der Waals surface area contributed by atoms with Crippen LogP contribution in [0.1, 0.15) is 0 Å². The normalized spacial score (nSPS) is 30.9. The van der Waals surface area contributed by atoms with Gasteiger partial charge in [0.2, 0.25) is 0 Å². The summed E-state index contributed by atoms with van der Waals surface area (Å²) in [6, 6.07) is 5.68. The van der Waals surface area contributed by atoms with Gasteiger partial charge in [-0.25, -0.2) is 0 Å². The summed E-state index contributed by atoms with van der Waals surface area (Å²) in [6.07, 6.45) is -4.76. The first-order chi connectivity index (χ1) is 8.99. The van der Waals surface area contributed by atoms with Crippen LogP contribution in [0.2, 0.25) is 0 Å². The van der Waals surface area contributed by atoms with Gasteiger partial charge >= 0.3 is 0 Å². The van der Waals surface area contributed by atoms with Crippen molar-refractivity contribution in [1.29, 1.82) is 0 Å². The smallest absolute Gasteiger partial charge is 0.271 e. The highest BCUT2D eigenvalue weighted by Crippen LogP contribution is 2.21. The number of aliphatic hydroxyl groups is 3. The fraction of sp³-hybridized carbons (Fsp3) is 0.455. The van der Waals surface area contributed by atoms with Crippen molar-refractivity contribution in [2.75, 3.05) is 11.9 Å². The first kappa shape index (κ1) is 13.7. The molecule has 0 amide bonds. The maximum atomic E-state index is 10.6. The molecule has 0 unspecified atom stereocenters. The standard InChI is InChI=1S/C11H14N2O6/c14-8-5-19-11(10(16)9(8)15)12-6-2-1-3-7(4-6)13(17)18/h1-4,8-12,14-16H,5H2/t8-,9-,10+,11-/m1/s1. The highest BCUT2D eigenvalue weighted by Gasteiger charge is 2.37. The van der Waals surface area contributed by atoms with Gasteiger partial charge in [0.25, 0.3) is 5.69 Å². The number of anilines is 1. The molecule has 4 atom stereocenters. The van der Waals surface area contributed by atoms with Crippen molar-refractivity contribution in [3.05, 3.63) is 34.4 Å². The van der Waals surface area contributed by atoms with E-state index in [0.717, 1.165) is 0 Å². The second kappa shape index (κ2) is 5.49. The van der Waals surface area contributed by atoms with Crippen LogP contribution in [0.5, 0.6) is 0 Å². The summed E-state index contributed by atoms with van der Waals surface area (Å²) in [5.41, 5.74) is 0.276. The van der Waals surface area contributed by atoms with Crippen LogP contribution in [0.25, 0.3) is 0 Å². The van der Waals surface area contributed by atoms with Gasteiger partial charge in [0.1, 0.15) is 18.3 Å². The molecule has 1 aliphatic heterocycles. The van der Waals surface area contributed by atoms with Crippen molar-refractivity contribution in [2.45, 2.75) is 24.5 Å². The van der Waals surface area contributed by atoms with E-state index in [2.05, 4.69) is 5.32 Å². The molecule has 0 spiro atoms. The van der Waals surface area contributed by atoms with Crippen LogP contribution in [-0.4, -0.2) is 51.4 Å². The predicted octanol–water partition coefficient (Wildman–Crippen LogP) is -0.554. The summed E-state index contributed by atoms with van der Waals surface area (Å²) in [7, 11) is 0. The molecule has 1 fully saturated rings. The molecule has 19 heavy (non-hydrogen) atoms. The first-order valence-electron chi connectivity index (χ1n) is 5.66. The Morgan fingerprint density at radius 1 is 1.32 bits per heavy atom. The number of hydrogen-bond acceptors (Lipinski definition) is 7. The zero-order valence-electron chi connectivity index (χ0n) is 9.84. The molecule has 1 saturated heterocycles. The Labute approximate surface area is 108 Å². The van der Waals surface area contributed by atoms with Crippen LogP contribution in [0, 0.1) is 10.1 Å². The van der Waals surface area contributed by atoms with E-state index in [4.69, 9.17) is 4.74 Å². The first-order valence-corrected chi connectivity index (χ1v) is 5.66. The largest absolute Gasteiger partial charge is 0.388 e. The van der Waals surface area contributed by atoms with Crippen molar-refractivity contribution in [1.82, 2.24) is 0 Å². The van der Waals surface area contributed by atoms with Gasteiger partial charge in [0, 0.05) is 17.8 Å².